The Hall–Kier alpha value is -3.16. The van der Waals surface area contributed by atoms with Crippen LogP contribution in [0, 0.1) is 18.8 Å². The number of fused-ring (bicyclic) bond motifs is 2. The van der Waals surface area contributed by atoms with Crippen molar-refractivity contribution in [1.82, 2.24) is 30.0 Å². The van der Waals surface area contributed by atoms with E-state index in [1.165, 1.54) is 12.0 Å². The fraction of sp³-hybridized carbons (Fsp3) is 0.455. The molecular weight excluding hydrogens is 378 g/mol. The SMILES string of the molecule is Cc1[nH]nc2c1CCC2NC(=O)c1cn(Cc2ccc(N3CC4CC4C3)nc2)cn1. The van der Waals surface area contributed by atoms with Gasteiger partial charge in [-0.25, -0.2) is 9.97 Å². The quantitative estimate of drug-likeness (QED) is 0.682. The van der Waals surface area contributed by atoms with E-state index in [2.05, 4.69) is 42.5 Å². The molecular formula is C22H25N7O. The molecule has 4 heterocycles. The van der Waals surface area contributed by atoms with Crippen molar-refractivity contribution in [3.05, 3.63) is 59.1 Å². The van der Waals surface area contributed by atoms with Crippen LogP contribution in [-0.4, -0.2) is 43.7 Å². The first-order valence-corrected chi connectivity index (χ1v) is 10.7. The second-order valence-electron chi connectivity index (χ2n) is 8.89. The van der Waals surface area contributed by atoms with E-state index in [1.807, 2.05) is 17.7 Å². The van der Waals surface area contributed by atoms with Gasteiger partial charge in [0.1, 0.15) is 11.5 Å². The second-order valence-corrected chi connectivity index (χ2v) is 8.89. The average molecular weight is 403 g/mol. The molecule has 2 N–H and O–H groups in total. The molecule has 3 aromatic heterocycles. The van der Waals surface area contributed by atoms with E-state index < -0.39 is 0 Å². The number of hydrogen-bond acceptors (Lipinski definition) is 5. The number of anilines is 1. The van der Waals surface area contributed by atoms with E-state index >= 15 is 0 Å². The van der Waals surface area contributed by atoms with Gasteiger partial charge in [-0.3, -0.25) is 9.89 Å². The van der Waals surface area contributed by atoms with Crippen LogP contribution in [-0.2, 0) is 13.0 Å². The maximum Gasteiger partial charge on any atom is 0.272 e. The lowest BCUT2D eigenvalue weighted by atomic mass is 10.2. The maximum atomic E-state index is 12.7. The average Bonchev–Trinajstić information content (AvgIpc) is 3.21. The Balaban J connectivity index is 1.09. The van der Waals surface area contributed by atoms with Gasteiger partial charge >= 0.3 is 0 Å². The highest BCUT2D eigenvalue weighted by atomic mass is 16.2. The highest BCUT2D eigenvalue weighted by molar-refractivity contribution is 5.92. The van der Waals surface area contributed by atoms with Crippen molar-refractivity contribution < 1.29 is 4.79 Å². The number of aromatic amines is 1. The number of imidazole rings is 1. The first-order valence-electron chi connectivity index (χ1n) is 10.7. The largest absolute Gasteiger partial charge is 0.356 e. The van der Waals surface area contributed by atoms with Gasteiger partial charge in [0.15, 0.2) is 0 Å². The minimum absolute atomic E-state index is 0.0454. The summed E-state index contributed by atoms with van der Waals surface area (Å²) in [6.45, 7) is 4.96. The molecule has 1 aliphatic heterocycles. The molecule has 1 saturated carbocycles. The number of nitrogens with zero attached hydrogens (tertiary/aromatic N) is 5. The van der Waals surface area contributed by atoms with E-state index in [4.69, 9.17) is 0 Å². The summed E-state index contributed by atoms with van der Waals surface area (Å²) in [5, 5.41) is 10.4. The lowest BCUT2D eigenvalue weighted by Gasteiger charge is -2.19. The summed E-state index contributed by atoms with van der Waals surface area (Å²) in [5.74, 6) is 2.71. The third kappa shape index (κ3) is 3.07. The molecule has 8 nitrogen and oxygen atoms in total. The van der Waals surface area contributed by atoms with Crippen LogP contribution in [0.4, 0.5) is 5.82 Å². The molecule has 3 atom stereocenters. The number of aryl methyl sites for hydroxylation is 1. The molecule has 3 aliphatic rings. The molecule has 0 spiro atoms. The number of hydrogen-bond donors (Lipinski definition) is 2. The number of rotatable bonds is 5. The number of pyridine rings is 1. The van der Waals surface area contributed by atoms with Crippen LogP contribution < -0.4 is 10.2 Å². The lowest BCUT2D eigenvalue weighted by Crippen LogP contribution is -2.27. The van der Waals surface area contributed by atoms with Crippen LogP contribution in [0.15, 0.2) is 30.9 Å². The van der Waals surface area contributed by atoms with Crippen LogP contribution in [0.5, 0.6) is 0 Å². The zero-order valence-electron chi connectivity index (χ0n) is 17.0. The van der Waals surface area contributed by atoms with Crippen LogP contribution in [0.1, 0.15) is 51.9 Å². The molecule has 2 fully saturated rings. The highest BCUT2D eigenvalue weighted by Crippen LogP contribution is 2.45. The smallest absolute Gasteiger partial charge is 0.272 e. The zero-order valence-corrected chi connectivity index (χ0v) is 17.0. The van der Waals surface area contributed by atoms with Gasteiger partial charge in [0.25, 0.3) is 5.91 Å². The van der Waals surface area contributed by atoms with Crippen molar-refractivity contribution >= 4 is 11.7 Å². The van der Waals surface area contributed by atoms with Gasteiger partial charge in [-0.2, -0.15) is 5.10 Å². The molecule has 1 amide bonds. The Kier molecular flexibility index (Phi) is 3.94. The molecule has 8 heteroatoms. The minimum atomic E-state index is -0.159. The van der Waals surface area contributed by atoms with E-state index in [1.54, 1.807) is 12.5 Å². The zero-order chi connectivity index (χ0) is 20.2. The maximum absolute atomic E-state index is 12.7. The third-order valence-electron chi connectivity index (χ3n) is 6.77. The molecule has 30 heavy (non-hydrogen) atoms. The Morgan fingerprint density at radius 1 is 1.27 bits per heavy atom. The first kappa shape index (κ1) is 17.7. The molecule has 0 aromatic carbocycles. The highest BCUT2D eigenvalue weighted by Gasteiger charge is 2.45. The van der Waals surface area contributed by atoms with Gasteiger partial charge < -0.3 is 14.8 Å². The van der Waals surface area contributed by atoms with Crippen LogP contribution in [0.3, 0.4) is 0 Å². The monoisotopic (exact) mass is 403 g/mol. The Labute approximate surface area is 174 Å². The van der Waals surface area contributed by atoms with Gasteiger partial charge in [-0.15, -0.1) is 0 Å². The van der Waals surface area contributed by atoms with E-state index in [-0.39, 0.29) is 11.9 Å². The fourth-order valence-corrected chi connectivity index (χ4v) is 4.93. The second kappa shape index (κ2) is 6.68. The van der Waals surface area contributed by atoms with Gasteiger partial charge in [-0.05, 0) is 55.2 Å². The summed E-state index contributed by atoms with van der Waals surface area (Å²) >= 11 is 0. The number of H-pyrrole nitrogens is 1. The van der Waals surface area contributed by atoms with Crippen LogP contribution >= 0.6 is 0 Å². The molecule has 0 bridgehead atoms. The fourth-order valence-electron chi connectivity index (χ4n) is 4.93. The Morgan fingerprint density at radius 2 is 2.13 bits per heavy atom. The molecule has 6 rings (SSSR count). The molecule has 2 aliphatic carbocycles. The third-order valence-corrected chi connectivity index (χ3v) is 6.77. The van der Waals surface area contributed by atoms with Crippen molar-refractivity contribution in [3.8, 4) is 0 Å². The number of aromatic nitrogens is 5. The van der Waals surface area contributed by atoms with Gasteiger partial charge in [0.05, 0.1) is 24.6 Å². The number of piperidine rings is 1. The van der Waals surface area contributed by atoms with Crippen molar-refractivity contribution in [1.29, 1.82) is 0 Å². The van der Waals surface area contributed by atoms with Gasteiger partial charge in [0.2, 0.25) is 0 Å². The lowest BCUT2D eigenvalue weighted by molar-refractivity contribution is 0.0931. The summed E-state index contributed by atoms with van der Waals surface area (Å²) in [5.41, 5.74) is 4.80. The number of amides is 1. The molecule has 1 saturated heterocycles. The van der Waals surface area contributed by atoms with Gasteiger partial charge in [-0.1, -0.05) is 6.07 Å². The number of nitrogens with one attached hydrogen (secondary N) is 2. The van der Waals surface area contributed by atoms with Gasteiger partial charge in [0, 0.05) is 31.2 Å². The first-order chi connectivity index (χ1) is 14.6. The summed E-state index contributed by atoms with van der Waals surface area (Å²) in [7, 11) is 0. The van der Waals surface area contributed by atoms with Crippen LogP contribution in [0.25, 0.3) is 0 Å². The predicted molar refractivity (Wildman–Crippen MR) is 111 cm³/mol. The summed E-state index contributed by atoms with van der Waals surface area (Å²) in [6.07, 6.45) is 8.65. The van der Waals surface area contributed by atoms with Crippen molar-refractivity contribution in [2.24, 2.45) is 11.8 Å². The molecule has 3 unspecified atom stereocenters. The Bertz CT molecular complexity index is 1090. The summed E-state index contributed by atoms with van der Waals surface area (Å²) in [6, 6.07) is 4.18. The predicted octanol–water partition coefficient (Wildman–Crippen LogP) is 2.23. The number of carbonyl (C=O) groups is 1. The topological polar surface area (TPSA) is 91.7 Å². The molecule has 0 radical (unpaired) electrons. The molecule has 154 valence electrons. The van der Waals surface area contributed by atoms with Crippen molar-refractivity contribution in [2.75, 3.05) is 18.0 Å². The van der Waals surface area contributed by atoms with Crippen molar-refractivity contribution in [3.63, 3.8) is 0 Å². The standard InChI is InChI=1S/C22H25N7O/c1-13-17-3-4-18(21(17)27-26-13)25-22(30)19-11-28(12-24-19)8-14-2-5-20(23-7-14)29-9-15-6-16(15)10-29/h2,5,7,11-12,15-16,18H,3-4,6,8-10H2,1H3,(H,25,30)(H,26,27). The normalized spacial score (nSPS) is 24.0. The van der Waals surface area contributed by atoms with E-state index in [0.717, 1.165) is 60.5 Å². The van der Waals surface area contributed by atoms with Crippen molar-refractivity contribution in [2.45, 2.75) is 38.8 Å². The Morgan fingerprint density at radius 3 is 2.93 bits per heavy atom. The van der Waals surface area contributed by atoms with Crippen LogP contribution in [0.2, 0.25) is 0 Å². The van der Waals surface area contributed by atoms with E-state index in [9.17, 15) is 4.79 Å². The summed E-state index contributed by atoms with van der Waals surface area (Å²) < 4.78 is 1.93. The number of carbonyl (C=O) groups excluding carboxylic acids is 1. The summed E-state index contributed by atoms with van der Waals surface area (Å²) in [4.78, 5) is 24.0. The minimum Gasteiger partial charge on any atom is -0.356 e. The van der Waals surface area contributed by atoms with E-state index in [0.29, 0.717) is 12.2 Å². The molecule has 3 aromatic rings.